The first-order valence-corrected chi connectivity index (χ1v) is 43.3. The average molecular weight is 1710 g/mol. The first-order chi connectivity index (χ1) is 59.5. The van der Waals surface area contributed by atoms with Crippen LogP contribution in [0.1, 0.15) is 187 Å². The van der Waals surface area contributed by atoms with Gasteiger partial charge in [-0.05, 0) is 134 Å². The fraction of sp³-hybridized carbons (Fsp3) is 0.306. The number of Topliss-reactive ketones (excluding diaryl/α,β-unsaturated/α-hetero) is 1. The number of ketones is 3. The molecular weight excluding hydrogens is 1610 g/mol. The Hall–Kier alpha value is -13.4. The number of aliphatic hydroxyl groups is 2. The number of aryl methyl sites for hydroxylation is 1. The van der Waals surface area contributed by atoms with Gasteiger partial charge in [-0.2, -0.15) is 5.10 Å². The smallest absolute Gasteiger partial charge is 0.339 e. The van der Waals surface area contributed by atoms with Gasteiger partial charge in [0.15, 0.2) is 27.3 Å². The molecule has 6 unspecified atom stereocenters. The highest BCUT2D eigenvalue weighted by Gasteiger charge is 2.73. The average Bonchev–Trinajstić information content (AvgIpc) is 1.61. The molecule has 0 amide bonds. The summed E-state index contributed by atoms with van der Waals surface area (Å²) in [5, 5.41) is 77.7. The van der Waals surface area contributed by atoms with Gasteiger partial charge in [-0.3, -0.25) is 48.8 Å². The number of oxazole rings is 1. The highest BCUT2D eigenvalue weighted by Crippen LogP contribution is 2.73. The number of allylic oxidation sites excluding steroid dienone is 3. The quantitative estimate of drug-likeness (QED) is 0.0122. The summed E-state index contributed by atoms with van der Waals surface area (Å²) < 4.78 is 37.2. The van der Waals surface area contributed by atoms with E-state index >= 15 is 0 Å². The van der Waals surface area contributed by atoms with Crippen molar-refractivity contribution in [2.45, 2.75) is 149 Å². The fourth-order valence-corrected chi connectivity index (χ4v) is 19.8. The standard InChI is InChI=1S/C26H36N2O3.C18H15NO3.C15H15NO4S.2C15H13NO3.C9H8O4/c1-7-21(29)26(31)15(3)9-18-19-8-14(2)17-10-20-16(13-27-28-20)11-23(17,4)25(19,6)22(30)12-24(18,26)5;20-16(21)12-11-15-19-17(13-7-3-1-4-8-13)18(22-15)14-9-5-2-6-10-14;1-21(19,20)11-13-7-8-15(16(17)18)10-14(13)9-12-5-3-2-4-6-12;2*17-14(10-4-2-1-3-5-10)13-7-6-12-11(15(18)19)8-9-16(12)13;1-6(10)13-8-5-3-2-4-7(8)9(11)12/h8,10,13,15,18-19,22,30-31H,7,9,11-12H2,1-6H3,(H,27,28);1-10H,11-12H2,(H,20,21);2-8,10H,9,11H2,1H3;2*1-7,11H,8-9H2,(H,18,19);2-5H,1H3,(H,11,12)/t15-,18?,19?,22?,23?,24?,25-,26+;;;11-;;/m1..1../s1. The molecule has 0 spiro atoms. The topological polar surface area (TPSA) is 409 Å². The van der Waals surface area contributed by atoms with Crippen LogP contribution in [0.4, 0.5) is 5.69 Å². The third kappa shape index (κ3) is 19.2. The first kappa shape index (κ1) is 90.9. The summed E-state index contributed by atoms with van der Waals surface area (Å²) in [6, 6.07) is 64.2. The van der Waals surface area contributed by atoms with Gasteiger partial charge >= 0.3 is 29.8 Å². The predicted octanol–water partition coefficient (Wildman–Crippen LogP) is 16.7. The molecule has 7 N–H and O–H groups in total. The summed E-state index contributed by atoms with van der Waals surface area (Å²) in [5.74, 6) is -4.13. The maximum Gasteiger partial charge on any atom is 0.339 e. The number of carboxylic acids is 4. The van der Waals surface area contributed by atoms with Gasteiger partial charge in [0.25, 0.3) is 5.69 Å². The number of carbonyl (C=O) groups excluding carboxylic acids is 4. The number of fused-ring (bicyclic) bond motifs is 8. The molecule has 4 aromatic heterocycles. The van der Waals surface area contributed by atoms with Gasteiger partial charge in [0, 0.05) is 101 Å². The molecule has 11 aromatic rings. The second-order valence-electron chi connectivity index (χ2n) is 33.0. The molecule has 2 fully saturated rings. The van der Waals surface area contributed by atoms with Crippen LogP contribution in [-0.2, 0) is 71.9 Å². The number of nitrogens with one attached hydrogen (secondary N) is 1. The number of sulfone groups is 1. The summed E-state index contributed by atoms with van der Waals surface area (Å²) in [7, 11) is -3.19. The molecule has 0 saturated heterocycles. The lowest BCUT2D eigenvalue weighted by Gasteiger charge is -2.65. The number of aromatic amines is 1. The molecule has 2 saturated carbocycles. The van der Waals surface area contributed by atoms with Crippen LogP contribution in [0, 0.1) is 44.1 Å². The van der Waals surface area contributed by atoms with E-state index in [1.807, 2.05) is 157 Å². The van der Waals surface area contributed by atoms with Crippen molar-refractivity contribution in [1.82, 2.24) is 24.3 Å². The Morgan fingerprint density at radius 2 is 1.22 bits per heavy atom. The van der Waals surface area contributed by atoms with Crippen molar-refractivity contribution in [3.8, 4) is 28.3 Å². The fourth-order valence-electron chi connectivity index (χ4n) is 18.9. The number of rotatable bonds is 20. The zero-order chi connectivity index (χ0) is 90.0. The van der Waals surface area contributed by atoms with Gasteiger partial charge in [-0.1, -0.05) is 216 Å². The molecule has 6 aliphatic rings. The Balaban J connectivity index is 0.000000139. The lowest BCUT2D eigenvalue weighted by Crippen LogP contribution is -2.66. The number of aliphatic carboxylic acids is 3. The number of ether oxygens (including phenoxy) is 1. The van der Waals surface area contributed by atoms with Crippen LogP contribution in [-0.4, -0.2) is 133 Å². The summed E-state index contributed by atoms with van der Waals surface area (Å²) in [5.41, 5.74) is 10.8. The highest BCUT2D eigenvalue weighted by atomic mass is 32.2. The SMILES string of the molecule is CC(=O)Oc1ccccc1C(=O)O.CCC(=O)[C@@]1(O)[C@H](C)CC2C3C=C(C)C4=Cc5[nH]ncc5CC4(C)[C@@]3(C)C(O)CC21C.CS(=O)(=O)Cc1ccc([N+](=O)[O-])cc1Cc1ccccc1.O=C(O)CCc1nc(-c2ccccc2)c(-c2ccccc2)o1.O=C(c1ccccc1)c1ccc2n1CCC2C(=O)O.O=C(c1ccccc1)c1ccc2n1CC[C@H]2C(=O)O. The summed E-state index contributed by atoms with van der Waals surface area (Å²) in [6.07, 6.45) is 11.3. The Morgan fingerprint density at radius 3 is 1.73 bits per heavy atom. The van der Waals surface area contributed by atoms with Crippen molar-refractivity contribution in [1.29, 1.82) is 0 Å². The molecule has 26 nitrogen and oxygen atoms in total. The Kier molecular flexibility index (Phi) is 27.7. The van der Waals surface area contributed by atoms with E-state index in [1.165, 1.54) is 54.0 Å². The van der Waals surface area contributed by atoms with E-state index in [9.17, 15) is 67.1 Å². The second-order valence-corrected chi connectivity index (χ2v) is 35.2. The third-order valence-corrected chi connectivity index (χ3v) is 26.1. The van der Waals surface area contributed by atoms with E-state index in [1.54, 1.807) is 60.7 Å². The number of nitro groups is 1. The molecule has 6 heterocycles. The number of aliphatic hydroxyl groups excluding tert-OH is 1. The number of nitro benzene ring substituents is 1. The number of non-ortho nitro benzene ring substituents is 1. The maximum atomic E-state index is 13.0. The molecule has 17 rings (SSSR count). The minimum atomic E-state index is -3.19. The number of aromatic nitrogens is 5. The molecule has 4 aliphatic carbocycles. The number of nitrogens with zero attached hydrogens (tertiary/aromatic N) is 5. The van der Waals surface area contributed by atoms with E-state index in [0.29, 0.717) is 90.5 Å². The van der Waals surface area contributed by atoms with Crippen molar-refractivity contribution >= 4 is 68.8 Å². The van der Waals surface area contributed by atoms with Gasteiger partial charge < -0.3 is 48.9 Å². The molecule has 27 heteroatoms. The van der Waals surface area contributed by atoms with Crippen molar-refractivity contribution in [3.63, 3.8) is 0 Å². The Bertz CT molecular complexity index is 5860. The lowest BCUT2D eigenvalue weighted by atomic mass is 9.39. The number of para-hydroxylation sites is 1. The van der Waals surface area contributed by atoms with Crippen molar-refractivity contribution < 1.29 is 91.5 Å². The Morgan fingerprint density at radius 1 is 0.688 bits per heavy atom. The van der Waals surface area contributed by atoms with Gasteiger partial charge in [0.05, 0.1) is 58.3 Å². The molecule has 648 valence electrons. The number of benzene rings is 7. The highest BCUT2D eigenvalue weighted by molar-refractivity contribution is 7.89. The van der Waals surface area contributed by atoms with E-state index in [-0.39, 0.29) is 76.1 Å². The molecule has 125 heavy (non-hydrogen) atoms. The Labute approximate surface area is 723 Å². The zero-order valence-electron chi connectivity index (χ0n) is 70.5. The minimum absolute atomic E-state index is 0.00295. The van der Waals surface area contributed by atoms with Crippen LogP contribution in [0.3, 0.4) is 0 Å². The number of carboxylic acid groups (broad SMARTS) is 4. The van der Waals surface area contributed by atoms with Gasteiger partial charge in [-0.15, -0.1) is 0 Å². The van der Waals surface area contributed by atoms with Crippen LogP contribution in [0.25, 0.3) is 28.7 Å². The molecule has 7 aromatic carbocycles. The zero-order valence-corrected chi connectivity index (χ0v) is 71.3. The van der Waals surface area contributed by atoms with Crippen molar-refractivity contribution in [2.75, 3.05) is 6.26 Å². The summed E-state index contributed by atoms with van der Waals surface area (Å²) in [6.45, 7) is 15.0. The summed E-state index contributed by atoms with van der Waals surface area (Å²) in [4.78, 5) is 107. The van der Waals surface area contributed by atoms with Crippen molar-refractivity contribution in [2.24, 2.45) is 34.0 Å². The largest absolute Gasteiger partial charge is 0.481 e. The van der Waals surface area contributed by atoms with Crippen LogP contribution < -0.4 is 4.74 Å². The molecule has 0 radical (unpaired) electrons. The van der Waals surface area contributed by atoms with Crippen LogP contribution in [0.2, 0.25) is 0 Å². The number of aromatic carboxylic acids is 1. The van der Waals surface area contributed by atoms with Gasteiger partial charge in [0.1, 0.15) is 22.6 Å². The first-order valence-electron chi connectivity index (χ1n) is 41.2. The van der Waals surface area contributed by atoms with Crippen LogP contribution in [0.5, 0.6) is 5.75 Å². The molecule has 0 bridgehead atoms. The number of hydrogen-bond acceptors (Lipinski definition) is 18. The normalized spacial score (nSPS) is 21.9. The van der Waals surface area contributed by atoms with Crippen LogP contribution in [0.15, 0.2) is 246 Å². The molecular formula is C98H100N6O20S. The van der Waals surface area contributed by atoms with Gasteiger partial charge in [0.2, 0.25) is 11.6 Å². The van der Waals surface area contributed by atoms with E-state index in [0.717, 1.165) is 58.6 Å². The lowest BCUT2D eigenvalue weighted by molar-refractivity contribution is -0.384. The van der Waals surface area contributed by atoms with E-state index < -0.39 is 79.0 Å². The number of H-pyrrole nitrogens is 1. The minimum Gasteiger partial charge on any atom is -0.481 e. The number of hydrogen-bond donors (Lipinski definition) is 7. The van der Waals surface area contributed by atoms with Gasteiger partial charge in [-0.25, -0.2) is 18.2 Å². The van der Waals surface area contributed by atoms with Crippen LogP contribution >= 0.6 is 0 Å². The van der Waals surface area contributed by atoms with Crippen molar-refractivity contribution in [3.05, 3.63) is 325 Å². The number of esters is 1. The van der Waals surface area contributed by atoms with E-state index in [2.05, 4.69) is 59.8 Å². The predicted molar refractivity (Wildman–Crippen MR) is 468 cm³/mol. The monoisotopic (exact) mass is 1710 g/mol. The molecule has 2 aliphatic heterocycles. The third-order valence-electron chi connectivity index (χ3n) is 25.3. The molecule has 10 atom stereocenters. The second kappa shape index (κ2) is 38.2. The summed E-state index contributed by atoms with van der Waals surface area (Å²) >= 11 is 0. The number of carbonyl (C=O) groups is 8. The van der Waals surface area contributed by atoms with E-state index in [4.69, 9.17) is 24.8 Å². The maximum absolute atomic E-state index is 13.0.